The van der Waals surface area contributed by atoms with Crippen LogP contribution < -0.4 is 9.68 Å². The lowest BCUT2D eigenvalue weighted by molar-refractivity contribution is -0.137. The topological polar surface area (TPSA) is 56.5 Å². The van der Waals surface area contributed by atoms with E-state index in [2.05, 4.69) is 6.92 Å². The van der Waals surface area contributed by atoms with Crippen LogP contribution in [-0.2, 0) is 16.6 Å². The maximum Gasteiger partial charge on any atom is 0.396 e. The number of carbonyl (C=O) groups excluding carboxylic acids is 1. The molecule has 1 aliphatic rings. The summed E-state index contributed by atoms with van der Waals surface area (Å²) >= 11 is 1.08. The molecule has 0 spiro atoms. The first kappa shape index (κ1) is 24.0. The largest absolute Gasteiger partial charge is 0.425 e. The molecule has 1 aliphatic heterocycles. The van der Waals surface area contributed by atoms with Crippen LogP contribution in [-0.4, -0.2) is 5.97 Å². The minimum atomic E-state index is -0.742. The number of benzene rings is 1. The molecule has 1 aromatic heterocycles. The van der Waals surface area contributed by atoms with Crippen molar-refractivity contribution in [3.63, 3.8) is 0 Å². The van der Waals surface area contributed by atoms with Gasteiger partial charge in [-0.1, -0.05) is 95.3 Å². The molecule has 0 radical (unpaired) electrons. The van der Waals surface area contributed by atoms with Gasteiger partial charge in [0.05, 0.1) is 10.1 Å². The van der Waals surface area contributed by atoms with Gasteiger partial charge in [-0.15, -0.1) is 0 Å². The second-order valence-corrected chi connectivity index (χ2v) is 10.5. The molecule has 1 aromatic carbocycles. The number of hydrogen-bond acceptors (Lipinski definition) is 5. The first-order valence-corrected chi connectivity index (χ1v) is 13.1. The molecule has 0 atom stereocenters. The summed E-state index contributed by atoms with van der Waals surface area (Å²) < 4.78 is 11.8. The van der Waals surface area contributed by atoms with Crippen LogP contribution in [0.25, 0.3) is 10.3 Å². The Morgan fingerprint density at radius 1 is 0.839 bits per heavy atom. The molecule has 0 saturated carbocycles. The van der Waals surface area contributed by atoms with E-state index in [1.807, 2.05) is 19.9 Å². The summed E-state index contributed by atoms with van der Waals surface area (Å²) in [5.74, 6) is 0.340. The van der Waals surface area contributed by atoms with E-state index in [0.29, 0.717) is 11.3 Å². The van der Waals surface area contributed by atoms with Crippen LogP contribution in [0.1, 0.15) is 115 Å². The van der Waals surface area contributed by atoms with Crippen molar-refractivity contribution in [3.05, 3.63) is 26.9 Å². The Labute approximate surface area is 190 Å². The maximum atomic E-state index is 12.3. The molecule has 31 heavy (non-hydrogen) atoms. The van der Waals surface area contributed by atoms with Crippen molar-refractivity contribution < 1.29 is 13.9 Å². The maximum absolute atomic E-state index is 12.3. The van der Waals surface area contributed by atoms with Gasteiger partial charge in [-0.3, -0.25) is 4.79 Å². The molecule has 0 saturated heterocycles. The molecule has 4 nitrogen and oxygen atoms in total. The quantitative estimate of drug-likeness (QED) is 0.170. The molecule has 0 aliphatic carbocycles. The Balaban J connectivity index is 1.40. The molecule has 3 rings (SSSR count). The van der Waals surface area contributed by atoms with Crippen LogP contribution in [0.4, 0.5) is 0 Å². The van der Waals surface area contributed by atoms with Crippen LogP contribution in [0, 0.1) is 0 Å². The number of aryl methyl sites for hydroxylation is 1. The smallest absolute Gasteiger partial charge is 0.396 e. The number of ether oxygens (including phenoxy) is 1. The van der Waals surface area contributed by atoms with Crippen LogP contribution >= 0.6 is 11.3 Å². The minimum absolute atomic E-state index is 0.261. The first-order chi connectivity index (χ1) is 14.9. The summed E-state index contributed by atoms with van der Waals surface area (Å²) in [6.07, 6.45) is 18.0. The van der Waals surface area contributed by atoms with Crippen molar-refractivity contribution in [1.82, 2.24) is 0 Å². The van der Waals surface area contributed by atoms with Gasteiger partial charge >= 0.3 is 10.9 Å². The third kappa shape index (κ3) is 6.00. The number of fused-ring (bicyclic) bond motifs is 3. The lowest BCUT2D eigenvalue weighted by atomic mass is 9.85. The third-order valence-electron chi connectivity index (χ3n) is 6.54. The first-order valence-electron chi connectivity index (χ1n) is 12.3. The summed E-state index contributed by atoms with van der Waals surface area (Å²) in [6, 6.07) is 1.92. The van der Waals surface area contributed by atoms with E-state index in [0.717, 1.165) is 40.0 Å². The summed E-state index contributed by atoms with van der Waals surface area (Å²) in [7, 11) is 0. The van der Waals surface area contributed by atoms with E-state index in [1.54, 1.807) is 0 Å². The van der Waals surface area contributed by atoms with E-state index >= 15 is 0 Å². The van der Waals surface area contributed by atoms with Gasteiger partial charge in [0.2, 0.25) is 0 Å². The highest BCUT2D eigenvalue weighted by Crippen LogP contribution is 2.46. The van der Waals surface area contributed by atoms with Crippen LogP contribution in [0.15, 0.2) is 15.3 Å². The van der Waals surface area contributed by atoms with Gasteiger partial charge in [0.25, 0.3) is 0 Å². The SMILES string of the molecule is CCCCCCCCCCCCCCCc1cc2c(c3sc(=O)oc13)C(C)(C)C(=O)O2. The lowest BCUT2D eigenvalue weighted by Gasteiger charge is -2.13. The van der Waals surface area contributed by atoms with Crippen molar-refractivity contribution in [3.8, 4) is 5.75 Å². The summed E-state index contributed by atoms with van der Waals surface area (Å²) in [5.41, 5.74) is 1.70. The number of hydrogen-bond donors (Lipinski definition) is 0. The van der Waals surface area contributed by atoms with Gasteiger partial charge < -0.3 is 9.15 Å². The zero-order valence-corrected chi connectivity index (χ0v) is 20.3. The van der Waals surface area contributed by atoms with Gasteiger partial charge in [-0.2, -0.15) is 0 Å². The fraction of sp³-hybridized carbons (Fsp3) is 0.692. The fourth-order valence-corrected chi connectivity index (χ4v) is 5.60. The van der Waals surface area contributed by atoms with Crippen LogP contribution in [0.3, 0.4) is 0 Å². The number of carbonyl (C=O) groups is 1. The van der Waals surface area contributed by atoms with Gasteiger partial charge in [0.1, 0.15) is 5.75 Å². The Morgan fingerprint density at radius 2 is 1.39 bits per heavy atom. The molecule has 2 heterocycles. The summed E-state index contributed by atoms with van der Waals surface area (Å²) in [5, 5.41) is 0. The van der Waals surface area contributed by atoms with Crippen molar-refractivity contribution >= 4 is 27.6 Å². The number of unbranched alkanes of at least 4 members (excludes halogenated alkanes) is 12. The second kappa shape index (κ2) is 11.3. The molecule has 0 fully saturated rings. The summed E-state index contributed by atoms with van der Waals surface area (Å²) in [4.78, 5) is 23.9. The average Bonchev–Trinajstić information content (AvgIpc) is 3.21. The van der Waals surface area contributed by atoms with Crippen molar-refractivity contribution in [2.24, 2.45) is 0 Å². The molecule has 0 unspecified atom stereocenters. The Morgan fingerprint density at radius 3 is 1.97 bits per heavy atom. The fourth-order valence-electron chi connectivity index (χ4n) is 4.58. The van der Waals surface area contributed by atoms with Gasteiger partial charge in [-0.25, -0.2) is 4.79 Å². The van der Waals surface area contributed by atoms with E-state index in [-0.39, 0.29) is 10.9 Å². The highest BCUT2D eigenvalue weighted by molar-refractivity contribution is 7.16. The third-order valence-corrected chi connectivity index (χ3v) is 7.38. The predicted molar refractivity (Wildman–Crippen MR) is 128 cm³/mol. The van der Waals surface area contributed by atoms with Gasteiger partial charge in [0.15, 0.2) is 5.58 Å². The molecular formula is C26H38O4S. The normalized spacial score (nSPS) is 14.9. The molecule has 5 heteroatoms. The molecule has 0 bridgehead atoms. The number of rotatable bonds is 14. The van der Waals surface area contributed by atoms with Gasteiger partial charge in [-0.05, 0) is 32.8 Å². The molecule has 2 aromatic rings. The zero-order valence-electron chi connectivity index (χ0n) is 19.5. The van der Waals surface area contributed by atoms with E-state index in [4.69, 9.17) is 9.15 Å². The predicted octanol–water partition coefficient (Wildman–Crippen LogP) is 7.68. The van der Waals surface area contributed by atoms with Crippen LogP contribution in [0.5, 0.6) is 5.75 Å². The Kier molecular flexibility index (Phi) is 8.76. The van der Waals surface area contributed by atoms with Crippen molar-refractivity contribution in [2.45, 2.75) is 116 Å². The monoisotopic (exact) mass is 446 g/mol. The van der Waals surface area contributed by atoms with E-state index in [1.165, 1.54) is 77.0 Å². The molecule has 0 N–H and O–H groups in total. The Bertz CT molecular complexity index is 921. The molecular weight excluding hydrogens is 408 g/mol. The van der Waals surface area contributed by atoms with Crippen molar-refractivity contribution in [1.29, 1.82) is 0 Å². The standard InChI is InChI=1S/C26H38O4S/c1-4-5-6-7-8-9-10-11-12-13-14-15-16-17-19-18-20-21(26(2,3)24(27)29-20)23-22(19)30-25(28)31-23/h18H,4-17H2,1-3H3. The van der Waals surface area contributed by atoms with Crippen molar-refractivity contribution in [2.75, 3.05) is 0 Å². The summed E-state index contributed by atoms with van der Waals surface area (Å²) in [6.45, 7) is 5.96. The second-order valence-electron chi connectivity index (χ2n) is 9.53. The highest BCUT2D eigenvalue weighted by Gasteiger charge is 2.44. The van der Waals surface area contributed by atoms with E-state index in [9.17, 15) is 9.59 Å². The average molecular weight is 447 g/mol. The minimum Gasteiger partial charge on any atom is -0.425 e. The highest BCUT2D eigenvalue weighted by atomic mass is 32.1. The number of esters is 1. The zero-order chi connectivity index (χ0) is 22.3. The van der Waals surface area contributed by atoms with Gasteiger partial charge in [0, 0.05) is 11.1 Å². The lowest BCUT2D eigenvalue weighted by Crippen LogP contribution is -2.25. The molecule has 172 valence electrons. The Hall–Kier alpha value is -1.62. The molecule has 0 amide bonds. The van der Waals surface area contributed by atoms with Crippen LogP contribution in [0.2, 0.25) is 0 Å². The van der Waals surface area contributed by atoms with E-state index < -0.39 is 5.41 Å².